The van der Waals surface area contributed by atoms with Gasteiger partial charge in [-0.3, -0.25) is 0 Å². The topological polar surface area (TPSA) is 27.1 Å². The summed E-state index contributed by atoms with van der Waals surface area (Å²) in [7, 11) is 0. The lowest BCUT2D eigenvalue weighted by molar-refractivity contribution is 0.213. The molecule has 0 fully saturated rings. The summed E-state index contributed by atoms with van der Waals surface area (Å²) >= 11 is 0. The Hall–Kier alpha value is -1.77. The van der Waals surface area contributed by atoms with Crippen LogP contribution in [0.5, 0.6) is 5.75 Å². The van der Waals surface area contributed by atoms with Gasteiger partial charge in [-0.25, -0.2) is 4.68 Å². The first-order valence-corrected chi connectivity index (χ1v) is 5.86. The summed E-state index contributed by atoms with van der Waals surface area (Å²) in [5.41, 5.74) is 3.45. The van der Waals surface area contributed by atoms with E-state index in [1.807, 2.05) is 22.9 Å². The maximum Gasteiger partial charge on any atom is 0.181 e. The van der Waals surface area contributed by atoms with E-state index in [0.29, 0.717) is 6.73 Å². The van der Waals surface area contributed by atoms with Crippen molar-refractivity contribution in [1.82, 2.24) is 9.78 Å². The van der Waals surface area contributed by atoms with Gasteiger partial charge in [0.1, 0.15) is 5.75 Å². The smallest absolute Gasteiger partial charge is 0.181 e. The maximum absolute atomic E-state index is 5.68. The fraction of sp³-hybridized carbons (Fsp3) is 0.357. The van der Waals surface area contributed by atoms with Gasteiger partial charge >= 0.3 is 0 Å². The molecule has 1 aliphatic heterocycles. The van der Waals surface area contributed by atoms with Crippen LogP contribution in [0, 0.1) is 0 Å². The van der Waals surface area contributed by atoms with E-state index in [2.05, 4.69) is 38.0 Å². The zero-order valence-electron chi connectivity index (χ0n) is 10.4. The Morgan fingerprint density at radius 3 is 2.76 bits per heavy atom. The third-order valence-electron chi connectivity index (χ3n) is 3.05. The average Bonchev–Trinajstić information content (AvgIpc) is 2.72. The minimum atomic E-state index is 0.0687. The molecule has 1 aromatic heterocycles. The number of para-hydroxylation sites is 1. The van der Waals surface area contributed by atoms with Gasteiger partial charge in [0.15, 0.2) is 6.73 Å². The zero-order valence-corrected chi connectivity index (χ0v) is 10.4. The summed E-state index contributed by atoms with van der Waals surface area (Å²) < 4.78 is 7.61. The van der Waals surface area contributed by atoms with Crippen LogP contribution in [0.2, 0.25) is 0 Å². The molecule has 0 amide bonds. The van der Waals surface area contributed by atoms with Gasteiger partial charge in [0.05, 0.1) is 11.4 Å². The molecule has 1 aromatic carbocycles. The molecular weight excluding hydrogens is 212 g/mol. The van der Waals surface area contributed by atoms with Crippen LogP contribution in [0.1, 0.15) is 26.5 Å². The second-order valence-electron chi connectivity index (χ2n) is 5.43. The largest absolute Gasteiger partial charge is 0.471 e. The van der Waals surface area contributed by atoms with E-state index in [1.54, 1.807) is 0 Å². The van der Waals surface area contributed by atoms with E-state index in [-0.39, 0.29) is 5.41 Å². The second-order valence-corrected chi connectivity index (χ2v) is 5.43. The Morgan fingerprint density at radius 1 is 1.24 bits per heavy atom. The first-order chi connectivity index (χ1) is 8.05. The summed E-state index contributed by atoms with van der Waals surface area (Å²) in [4.78, 5) is 0. The Morgan fingerprint density at radius 2 is 2.00 bits per heavy atom. The van der Waals surface area contributed by atoms with Crippen molar-refractivity contribution in [3.63, 3.8) is 0 Å². The molecule has 0 spiro atoms. The number of aromatic nitrogens is 2. The average molecular weight is 228 g/mol. The van der Waals surface area contributed by atoms with Crippen LogP contribution in [-0.2, 0) is 12.1 Å². The number of hydrogen-bond donors (Lipinski definition) is 0. The molecule has 3 heteroatoms. The van der Waals surface area contributed by atoms with Gasteiger partial charge in [0.2, 0.25) is 0 Å². The van der Waals surface area contributed by atoms with Crippen LogP contribution in [0.25, 0.3) is 11.3 Å². The summed E-state index contributed by atoms with van der Waals surface area (Å²) in [6, 6.07) is 10.3. The van der Waals surface area contributed by atoms with Crippen molar-refractivity contribution >= 4 is 0 Å². The van der Waals surface area contributed by atoms with Gasteiger partial charge in [-0.05, 0) is 18.2 Å². The predicted molar refractivity (Wildman–Crippen MR) is 67.0 cm³/mol. The van der Waals surface area contributed by atoms with Crippen LogP contribution in [-0.4, -0.2) is 9.78 Å². The van der Waals surface area contributed by atoms with E-state index in [0.717, 1.165) is 22.7 Å². The second kappa shape index (κ2) is 3.36. The lowest BCUT2D eigenvalue weighted by Gasteiger charge is -2.18. The van der Waals surface area contributed by atoms with Gasteiger partial charge in [-0.1, -0.05) is 32.9 Å². The van der Waals surface area contributed by atoms with Crippen molar-refractivity contribution in [3.8, 4) is 17.0 Å². The molecule has 2 heterocycles. The highest BCUT2D eigenvalue weighted by atomic mass is 16.5. The molecule has 0 saturated heterocycles. The van der Waals surface area contributed by atoms with Crippen molar-refractivity contribution in [2.24, 2.45) is 0 Å². The Bertz CT molecular complexity index is 564. The zero-order chi connectivity index (χ0) is 12.0. The van der Waals surface area contributed by atoms with Crippen molar-refractivity contribution < 1.29 is 4.74 Å². The highest BCUT2D eigenvalue weighted by molar-refractivity contribution is 5.68. The van der Waals surface area contributed by atoms with Crippen LogP contribution in [0.4, 0.5) is 0 Å². The fourth-order valence-electron chi connectivity index (χ4n) is 2.03. The monoisotopic (exact) mass is 228 g/mol. The number of fused-ring (bicyclic) bond motifs is 3. The minimum Gasteiger partial charge on any atom is -0.471 e. The molecule has 17 heavy (non-hydrogen) atoms. The van der Waals surface area contributed by atoms with Crippen molar-refractivity contribution in [2.45, 2.75) is 32.9 Å². The Labute approximate surface area is 101 Å². The molecule has 3 nitrogen and oxygen atoms in total. The van der Waals surface area contributed by atoms with Crippen LogP contribution >= 0.6 is 0 Å². The summed E-state index contributed by atoms with van der Waals surface area (Å²) in [5, 5.41) is 4.61. The quantitative estimate of drug-likeness (QED) is 0.692. The minimum absolute atomic E-state index is 0.0687. The van der Waals surface area contributed by atoms with Gasteiger partial charge in [-0.15, -0.1) is 0 Å². The standard InChI is InChI=1S/C14H16N2O/c1-14(2,3)13-8-11-10-6-4-5-7-12(10)17-9-16(11)15-13/h4-8H,9H2,1-3H3. The van der Waals surface area contributed by atoms with Gasteiger partial charge in [0.25, 0.3) is 0 Å². The Kier molecular flexibility index (Phi) is 2.05. The summed E-state index contributed by atoms with van der Waals surface area (Å²) in [6.07, 6.45) is 0. The van der Waals surface area contributed by atoms with Crippen molar-refractivity contribution in [2.75, 3.05) is 0 Å². The molecule has 0 N–H and O–H groups in total. The molecule has 2 aromatic rings. The van der Waals surface area contributed by atoms with Gasteiger partial charge < -0.3 is 4.74 Å². The lowest BCUT2D eigenvalue weighted by Crippen LogP contribution is -2.16. The molecule has 88 valence electrons. The number of rotatable bonds is 0. The van der Waals surface area contributed by atoms with Crippen LogP contribution < -0.4 is 4.74 Å². The third-order valence-corrected chi connectivity index (χ3v) is 3.05. The van der Waals surface area contributed by atoms with E-state index in [1.165, 1.54) is 0 Å². The predicted octanol–water partition coefficient (Wildman–Crippen LogP) is 3.20. The molecule has 0 radical (unpaired) electrons. The summed E-state index contributed by atoms with van der Waals surface area (Å²) in [6.45, 7) is 7.03. The molecule has 1 aliphatic rings. The SMILES string of the molecule is CC(C)(C)c1cc2n(n1)COc1ccccc1-2. The van der Waals surface area contributed by atoms with Gasteiger partial charge in [0, 0.05) is 11.0 Å². The maximum atomic E-state index is 5.68. The molecular formula is C14H16N2O. The van der Waals surface area contributed by atoms with Crippen molar-refractivity contribution in [3.05, 3.63) is 36.0 Å². The van der Waals surface area contributed by atoms with Gasteiger partial charge in [-0.2, -0.15) is 5.10 Å². The molecule has 0 atom stereocenters. The lowest BCUT2D eigenvalue weighted by atomic mass is 9.92. The number of ether oxygens (including phenoxy) is 1. The fourth-order valence-corrected chi connectivity index (χ4v) is 2.03. The number of hydrogen-bond acceptors (Lipinski definition) is 2. The van der Waals surface area contributed by atoms with E-state index < -0.39 is 0 Å². The van der Waals surface area contributed by atoms with Crippen LogP contribution in [0.3, 0.4) is 0 Å². The Balaban J connectivity index is 2.17. The van der Waals surface area contributed by atoms with Crippen LogP contribution in [0.15, 0.2) is 30.3 Å². The first-order valence-electron chi connectivity index (χ1n) is 5.86. The third kappa shape index (κ3) is 1.62. The molecule has 0 saturated carbocycles. The van der Waals surface area contributed by atoms with E-state index in [4.69, 9.17) is 4.74 Å². The molecule has 0 unspecified atom stereocenters. The molecule has 0 aliphatic carbocycles. The highest BCUT2D eigenvalue weighted by Crippen LogP contribution is 2.35. The van der Waals surface area contributed by atoms with E-state index in [9.17, 15) is 0 Å². The summed E-state index contributed by atoms with van der Waals surface area (Å²) in [5.74, 6) is 0.945. The molecule has 3 rings (SSSR count). The van der Waals surface area contributed by atoms with E-state index >= 15 is 0 Å². The van der Waals surface area contributed by atoms with Crippen molar-refractivity contribution in [1.29, 1.82) is 0 Å². The highest BCUT2D eigenvalue weighted by Gasteiger charge is 2.24. The first kappa shape index (κ1) is 10.4. The normalized spacial score (nSPS) is 13.8. The number of benzene rings is 1. The number of nitrogens with zero attached hydrogens (tertiary/aromatic N) is 2. The molecule has 0 bridgehead atoms.